The predicted octanol–water partition coefficient (Wildman–Crippen LogP) is 7.99. The summed E-state index contributed by atoms with van der Waals surface area (Å²) in [5, 5.41) is 6.90. The Morgan fingerprint density at radius 2 is 0.967 bits per heavy atom. The molecule has 0 aliphatic rings. The summed E-state index contributed by atoms with van der Waals surface area (Å²) in [5.41, 5.74) is 6.81. The maximum atomic E-state index is 4.16. The Labute approximate surface area is 188 Å². The molecule has 0 heterocycles. The van der Waals surface area contributed by atoms with Crippen LogP contribution in [0, 0.1) is 5.92 Å². The SMILES string of the molecule is C=C(CCCC(C)CCCC(=C)NCCCC(=C)C(=C)C)NCCCC(=C)C(=C)C. The van der Waals surface area contributed by atoms with Crippen LogP contribution in [0.2, 0.25) is 0 Å². The van der Waals surface area contributed by atoms with Crippen molar-refractivity contribution in [1.82, 2.24) is 10.6 Å². The van der Waals surface area contributed by atoms with E-state index in [-0.39, 0.29) is 0 Å². The van der Waals surface area contributed by atoms with Crippen LogP contribution in [-0.4, -0.2) is 13.1 Å². The first-order chi connectivity index (χ1) is 14.1. The third kappa shape index (κ3) is 15.9. The molecule has 0 bridgehead atoms. The highest BCUT2D eigenvalue weighted by molar-refractivity contribution is 5.22. The molecule has 0 atom stereocenters. The molecule has 0 aromatic heterocycles. The molecule has 0 radical (unpaired) electrons. The topological polar surface area (TPSA) is 24.1 Å². The Morgan fingerprint density at radius 1 is 0.600 bits per heavy atom. The fourth-order valence-electron chi connectivity index (χ4n) is 3.21. The van der Waals surface area contributed by atoms with Crippen LogP contribution in [0.4, 0.5) is 0 Å². The molecule has 0 spiro atoms. The van der Waals surface area contributed by atoms with Crippen molar-refractivity contribution in [2.24, 2.45) is 5.92 Å². The first-order valence-corrected chi connectivity index (χ1v) is 11.6. The van der Waals surface area contributed by atoms with Crippen LogP contribution in [0.15, 0.2) is 73.2 Å². The fraction of sp³-hybridized carbons (Fsp3) is 0.571. The van der Waals surface area contributed by atoms with E-state index in [0.717, 1.165) is 91.2 Å². The van der Waals surface area contributed by atoms with E-state index in [9.17, 15) is 0 Å². The number of allylic oxidation sites excluding steroid dienone is 6. The van der Waals surface area contributed by atoms with Gasteiger partial charge in [-0.05, 0) is 71.1 Å². The van der Waals surface area contributed by atoms with E-state index in [0.29, 0.717) is 0 Å². The monoisotopic (exact) mass is 412 g/mol. The standard InChI is InChI=1S/C28H48N2/c1-22(2)25(6)16-12-20-29-27(8)18-10-14-24(5)15-11-19-28(9)30-21-13-17-26(7)23(3)4/h24,29-30H,1,3,6-21H2,2,4-5H3. The van der Waals surface area contributed by atoms with Gasteiger partial charge in [0, 0.05) is 24.5 Å². The molecule has 0 unspecified atom stereocenters. The Bertz CT molecular complexity index is 542. The van der Waals surface area contributed by atoms with E-state index in [1.807, 2.05) is 13.8 Å². The Kier molecular flexibility index (Phi) is 15.7. The summed E-state index contributed by atoms with van der Waals surface area (Å²) in [7, 11) is 0. The van der Waals surface area contributed by atoms with Gasteiger partial charge in [0.2, 0.25) is 0 Å². The molecule has 0 amide bonds. The molecule has 0 aliphatic heterocycles. The van der Waals surface area contributed by atoms with Crippen molar-refractivity contribution in [2.45, 2.75) is 85.0 Å². The summed E-state index contributed by atoms with van der Waals surface area (Å²) in [6, 6.07) is 0. The summed E-state index contributed by atoms with van der Waals surface area (Å²) in [5.74, 6) is 0.753. The minimum Gasteiger partial charge on any atom is -0.389 e. The molecule has 170 valence electrons. The zero-order valence-corrected chi connectivity index (χ0v) is 20.3. The van der Waals surface area contributed by atoms with Gasteiger partial charge in [0.25, 0.3) is 0 Å². The molecule has 0 saturated heterocycles. The van der Waals surface area contributed by atoms with Crippen molar-refractivity contribution >= 4 is 0 Å². The van der Waals surface area contributed by atoms with Crippen LogP contribution in [0.25, 0.3) is 0 Å². The van der Waals surface area contributed by atoms with Crippen molar-refractivity contribution < 1.29 is 0 Å². The first-order valence-electron chi connectivity index (χ1n) is 11.6. The van der Waals surface area contributed by atoms with Gasteiger partial charge in [0.15, 0.2) is 0 Å². The van der Waals surface area contributed by atoms with Gasteiger partial charge < -0.3 is 10.6 Å². The summed E-state index contributed by atoms with van der Waals surface area (Å²) in [6.07, 6.45) is 11.3. The maximum Gasteiger partial charge on any atom is 0.0146 e. The number of hydrogen-bond donors (Lipinski definition) is 2. The molecule has 2 heteroatoms. The average molecular weight is 413 g/mol. The largest absolute Gasteiger partial charge is 0.389 e. The normalized spacial score (nSPS) is 10.5. The second-order valence-corrected chi connectivity index (χ2v) is 8.93. The van der Waals surface area contributed by atoms with Crippen LogP contribution >= 0.6 is 0 Å². The quantitative estimate of drug-likeness (QED) is 0.156. The van der Waals surface area contributed by atoms with Gasteiger partial charge in [-0.25, -0.2) is 0 Å². The third-order valence-corrected chi connectivity index (χ3v) is 5.62. The highest BCUT2D eigenvalue weighted by atomic mass is 14.9. The molecular formula is C28H48N2. The second-order valence-electron chi connectivity index (χ2n) is 8.93. The van der Waals surface area contributed by atoms with Crippen LogP contribution in [0.1, 0.15) is 85.0 Å². The van der Waals surface area contributed by atoms with Crippen LogP contribution in [-0.2, 0) is 0 Å². The molecule has 30 heavy (non-hydrogen) atoms. The Hall–Kier alpha value is -1.96. The average Bonchev–Trinajstić information content (AvgIpc) is 2.67. The van der Waals surface area contributed by atoms with E-state index < -0.39 is 0 Å². The highest BCUT2D eigenvalue weighted by Crippen LogP contribution is 2.18. The van der Waals surface area contributed by atoms with E-state index in [2.05, 4.69) is 57.0 Å². The zero-order chi connectivity index (χ0) is 22.9. The van der Waals surface area contributed by atoms with Crippen LogP contribution < -0.4 is 10.6 Å². The van der Waals surface area contributed by atoms with E-state index in [1.165, 1.54) is 25.7 Å². The number of rotatable bonds is 20. The fourth-order valence-corrected chi connectivity index (χ4v) is 3.21. The maximum absolute atomic E-state index is 4.16. The summed E-state index contributed by atoms with van der Waals surface area (Å²) in [6.45, 7) is 32.6. The lowest BCUT2D eigenvalue weighted by atomic mass is 9.97. The molecule has 0 saturated carbocycles. The van der Waals surface area contributed by atoms with E-state index in [1.54, 1.807) is 0 Å². The van der Waals surface area contributed by atoms with Gasteiger partial charge in [-0.15, -0.1) is 0 Å². The van der Waals surface area contributed by atoms with Crippen LogP contribution in [0.3, 0.4) is 0 Å². The molecule has 0 aromatic rings. The zero-order valence-electron chi connectivity index (χ0n) is 20.3. The molecule has 2 N–H and O–H groups in total. The van der Waals surface area contributed by atoms with E-state index in [4.69, 9.17) is 0 Å². The first kappa shape index (κ1) is 28.0. The number of nitrogens with one attached hydrogen (secondary N) is 2. The second kappa shape index (κ2) is 16.8. The molecule has 0 aliphatic carbocycles. The summed E-state index contributed by atoms with van der Waals surface area (Å²) in [4.78, 5) is 0. The van der Waals surface area contributed by atoms with Gasteiger partial charge >= 0.3 is 0 Å². The van der Waals surface area contributed by atoms with Crippen molar-refractivity contribution in [3.05, 3.63) is 73.2 Å². The van der Waals surface area contributed by atoms with Gasteiger partial charge in [-0.1, -0.05) is 81.5 Å². The molecular weight excluding hydrogens is 364 g/mol. The van der Waals surface area contributed by atoms with Gasteiger partial charge in [-0.3, -0.25) is 0 Å². The molecule has 0 fully saturated rings. The van der Waals surface area contributed by atoms with Crippen molar-refractivity contribution in [1.29, 1.82) is 0 Å². The Morgan fingerprint density at radius 3 is 1.30 bits per heavy atom. The predicted molar refractivity (Wildman–Crippen MR) is 138 cm³/mol. The lowest BCUT2D eigenvalue weighted by Crippen LogP contribution is -2.14. The van der Waals surface area contributed by atoms with Crippen molar-refractivity contribution in [3.63, 3.8) is 0 Å². The van der Waals surface area contributed by atoms with Gasteiger partial charge in [0.1, 0.15) is 0 Å². The van der Waals surface area contributed by atoms with Crippen molar-refractivity contribution in [3.8, 4) is 0 Å². The Balaban J connectivity index is 3.65. The minimum absolute atomic E-state index is 0.753. The summed E-state index contributed by atoms with van der Waals surface area (Å²) >= 11 is 0. The van der Waals surface area contributed by atoms with E-state index >= 15 is 0 Å². The lowest BCUT2D eigenvalue weighted by molar-refractivity contribution is 0.453. The van der Waals surface area contributed by atoms with Gasteiger partial charge in [0.05, 0.1) is 0 Å². The number of hydrogen-bond acceptors (Lipinski definition) is 2. The highest BCUT2D eigenvalue weighted by Gasteiger charge is 2.04. The minimum atomic E-state index is 0.753. The molecule has 0 aromatic carbocycles. The lowest BCUT2D eigenvalue weighted by Gasteiger charge is -2.14. The van der Waals surface area contributed by atoms with Crippen LogP contribution in [0.5, 0.6) is 0 Å². The molecule has 0 rings (SSSR count). The molecule has 2 nitrogen and oxygen atoms in total. The summed E-state index contributed by atoms with van der Waals surface area (Å²) < 4.78 is 0. The smallest absolute Gasteiger partial charge is 0.0146 e. The van der Waals surface area contributed by atoms with Crippen molar-refractivity contribution in [2.75, 3.05) is 13.1 Å². The van der Waals surface area contributed by atoms with Gasteiger partial charge in [-0.2, -0.15) is 0 Å². The third-order valence-electron chi connectivity index (χ3n) is 5.62.